The number of ether oxygens (including phenoxy) is 1. The van der Waals surface area contributed by atoms with E-state index < -0.39 is 11.2 Å². The van der Waals surface area contributed by atoms with Crippen molar-refractivity contribution in [3.05, 3.63) is 0 Å². The molecular formula is C11H23NO2. The van der Waals surface area contributed by atoms with Crippen LogP contribution in [0.1, 0.15) is 41.0 Å². The SMILES string of the molecule is CC(CN)C1(O)CC(C)(C)OC1(C)C. The van der Waals surface area contributed by atoms with Crippen LogP contribution >= 0.6 is 0 Å². The highest BCUT2D eigenvalue weighted by atomic mass is 16.5. The van der Waals surface area contributed by atoms with Gasteiger partial charge in [0.15, 0.2) is 0 Å². The first-order valence-corrected chi connectivity index (χ1v) is 5.27. The Morgan fingerprint density at radius 2 is 1.86 bits per heavy atom. The molecule has 3 heteroatoms. The quantitative estimate of drug-likeness (QED) is 0.708. The van der Waals surface area contributed by atoms with Crippen molar-refractivity contribution in [3.63, 3.8) is 0 Å². The van der Waals surface area contributed by atoms with E-state index in [1.165, 1.54) is 0 Å². The standard InChI is InChI=1S/C11H23NO2/c1-8(6-12)11(13)7-9(2,3)14-10(11,4)5/h8,13H,6-7,12H2,1-5H3. The van der Waals surface area contributed by atoms with Crippen LogP contribution in [0.5, 0.6) is 0 Å². The van der Waals surface area contributed by atoms with Crippen molar-refractivity contribution in [2.24, 2.45) is 11.7 Å². The molecule has 14 heavy (non-hydrogen) atoms. The third kappa shape index (κ3) is 1.69. The molecule has 0 saturated carbocycles. The Labute approximate surface area is 86.6 Å². The summed E-state index contributed by atoms with van der Waals surface area (Å²) in [5, 5.41) is 10.6. The van der Waals surface area contributed by atoms with E-state index in [1.807, 2.05) is 34.6 Å². The predicted molar refractivity (Wildman–Crippen MR) is 57.0 cm³/mol. The van der Waals surface area contributed by atoms with Crippen LogP contribution in [0.2, 0.25) is 0 Å². The molecule has 0 aromatic carbocycles. The van der Waals surface area contributed by atoms with Crippen LogP contribution < -0.4 is 5.73 Å². The molecule has 1 aliphatic rings. The number of nitrogens with two attached hydrogens (primary N) is 1. The van der Waals surface area contributed by atoms with Gasteiger partial charge in [-0.2, -0.15) is 0 Å². The Hall–Kier alpha value is -0.120. The third-order valence-electron chi connectivity index (χ3n) is 3.44. The van der Waals surface area contributed by atoms with E-state index in [4.69, 9.17) is 10.5 Å². The van der Waals surface area contributed by atoms with Crippen LogP contribution in [0.4, 0.5) is 0 Å². The monoisotopic (exact) mass is 201 g/mol. The van der Waals surface area contributed by atoms with Gasteiger partial charge in [-0.3, -0.25) is 0 Å². The zero-order chi connectivity index (χ0) is 11.2. The topological polar surface area (TPSA) is 55.5 Å². The third-order valence-corrected chi connectivity index (χ3v) is 3.44. The molecule has 0 aromatic rings. The van der Waals surface area contributed by atoms with E-state index >= 15 is 0 Å². The van der Waals surface area contributed by atoms with Crippen LogP contribution in [0.15, 0.2) is 0 Å². The van der Waals surface area contributed by atoms with Gasteiger partial charge >= 0.3 is 0 Å². The molecule has 84 valence electrons. The Morgan fingerprint density at radius 1 is 1.36 bits per heavy atom. The van der Waals surface area contributed by atoms with Gasteiger partial charge in [0, 0.05) is 6.42 Å². The van der Waals surface area contributed by atoms with Gasteiger partial charge in [0.25, 0.3) is 0 Å². The first kappa shape index (κ1) is 12.0. The van der Waals surface area contributed by atoms with E-state index in [-0.39, 0.29) is 11.5 Å². The fourth-order valence-electron chi connectivity index (χ4n) is 2.64. The van der Waals surface area contributed by atoms with Crippen molar-refractivity contribution in [1.29, 1.82) is 0 Å². The summed E-state index contributed by atoms with van der Waals surface area (Å²) in [4.78, 5) is 0. The predicted octanol–water partition coefficient (Wildman–Crippen LogP) is 1.29. The fraction of sp³-hybridized carbons (Fsp3) is 1.00. The molecule has 0 radical (unpaired) electrons. The Bertz CT molecular complexity index is 225. The van der Waals surface area contributed by atoms with Gasteiger partial charge in [-0.25, -0.2) is 0 Å². The van der Waals surface area contributed by atoms with Crippen LogP contribution in [0, 0.1) is 5.92 Å². The smallest absolute Gasteiger partial charge is 0.0995 e. The second kappa shape index (κ2) is 3.19. The molecule has 3 nitrogen and oxygen atoms in total. The molecule has 1 aliphatic heterocycles. The highest BCUT2D eigenvalue weighted by molar-refractivity contribution is 5.08. The lowest BCUT2D eigenvalue weighted by molar-refractivity contribution is -0.143. The largest absolute Gasteiger partial charge is 0.386 e. The molecule has 2 atom stereocenters. The lowest BCUT2D eigenvalue weighted by Gasteiger charge is -2.39. The highest BCUT2D eigenvalue weighted by Crippen LogP contribution is 2.48. The molecule has 1 rings (SSSR count). The van der Waals surface area contributed by atoms with Crippen LogP contribution in [0.25, 0.3) is 0 Å². The minimum atomic E-state index is -0.814. The second-order valence-corrected chi connectivity index (χ2v) is 5.61. The maximum atomic E-state index is 10.6. The van der Waals surface area contributed by atoms with Crippen molar-refractivity contribution in [2.75, 3.05) is 6.54 Å². The molecule has 0 bridgehead atoms. The number of rotatable bonds is 2. The molecule has 0 amide bonds. The number of aliphatic hydroxyl groups is 1. The van der Waals surface area contributed by atoms with Gasteiger partial charge in [-0.05, 0) is 40.2 Å². The molecular weight excluding hydrogens is 178 g/mol. The summed E-state index contributed by atoms with van der Waals surface area (Å²) >= 11 is 0. The minimum Gasteiger partial charge on any atom is -0.386 e. The first-order chi connectivity index (χ1) is 6.15. The average Bonchev–Trinajstić information content (AvgIpc) is 2.15. The molecule has 1 heterocycles. The van der Waals surface area contributed by atoms with Crippen molar-refractivity contribution in [2.45, 2.75) is 57.8 Å². The molecule has 0 aromatic heterocycles. The maximum Gasteiger partial charge on any atom is 0.0995 e. The Morgan fingerprint density at radius 3 is 2.14 bits per heavy atom. The molecule has 0 spiro atoms. The van der Waals surface area contributed by atoms with Crippen molar-refractivity contribution >= 4 is 0 Å². The first-order valence-electron chi connectivity index (χ1n) is 5.27. The molecule has 2 unspecified atom stereocenters. The van der Waals surface area contributed by atoms with E-state index in [0.717, 1.165) is 0 Å². The summed E-state index contributed by atoms with van der Waals surface area (Å²) in [5.41, 5.74) is 4.04. The number of hydrogen-bond donors (Lipinski definition) is 2. The van der Waals surface area contributed by atoms with Crippen LogP contribution in [0.3, 0.4) is 0 Å². The van der Waals surface area contributed by atoms with E-state index in [0.29, 0.717) is 13.0 Å². The summed E-state index contributed by atoms with van der Waals surface area (Å²) in [7, 11) is 0. The van der Waals surface area contributed by atoms with Crippen LogP contribution in [-0.2, 0) is 4.74 Å². The highest BCUT2D eigenvalue weighted by Gasteiger charge is 2.58. The van der Waals surface area contributed by atoms with E-state index in [1.54, 1.807) is 0 Å². The average molecular weight is 201 g/mol. The van der Waals surface area contributed by atoms with E-state index in [2.05, 4.69) is 0 Å². The minimum absolute atomic E-state index is 0.0549. The fourth-order valence-corrected chi connectivity index (χ4v) is 2.64. The molecule has 1 fully saturated rings. The summed E-state index contributed by atoms with van der Waals surface area (Å²) in [6.45, 7) is 10.4. The molecule has 0 aliphatic carbocycles. The van der Waals surface area contributed by atoms with Gasteiger partial charge in [-0.1, -0.05) is 6.92 Å². The normalized spacial score (nSPS) is 37.1. The second-order valence-electron chi connectivity index (χ2n) is 5.61. The van der Waals surface area contributed by atoms with Gasteiger partial charge in [0.1, 0.15) is 0 Å². The Kier molecular flexibility index (Phi) is 2.72. The number of hydrogen-bond acceptors (Lipinski definition) is 3. The molecule has 1 saturated heterocycles. The van der Waals surface area contributed by atoms with Crippen molar-refractivity contribution < 1.29 is 9.84 Å². The lowest BCUT2D eigenvalue weighted by Crippen LogP contribution is -2.53. The Balaban J connectivity index is 2.99. The van der Waals surface area contributed by atoms with E-state index in [9.17, 15) is 5.11 Å². The lowest BCUT2D eigenvalue weighted by atomic mass is 9.74. The van der Waals surface area contributed by atoms with Crippen LogP contribution in [-0.4, -0.2) is 28.5 Å². The summed E-state index contributed by atoms with van der Waals surface area (Å²) in [5.74, 6) is 0.0549. The van der Waals surface area contributed by atoms with Gasteiger partial charge in [0.05, 0.1) is 16.8 Å². The summed E-state index contributed by atoms with van der Waals surface area (Å²) in [6.07, 6.45) is 0.644. The van der Waals surface area contributed by atoms with Crippen molar-refractivity contribution in [3.8, 4) is 0 Å². The van der Waals surface area contributed by atoms with Crippen molar-refractivity contribution in [1.82, 2.24) is 0 Å². The molecule has 3 N–H and O–H groups in total. The van der Waals surface area contributed by atoms with Gasteiger partial charge < -0.3 is 15.6 Å². The van der Waals surface area contributed by atoms with Gasteiger partial charge in [-0.15, -0.1) is 0 Å². The zero-order valence-corrected chi connectivity index (χ0v) is 9.92. The maximum absolute atomic E-state index is 10.6. The summed E-state index contributed by atoms with van der Waals surface area (Å²) in [6, 6.07) is 0. The van der Waals surface area contributed by atoms with Gasteiger partial charge in [0.2, 0.25) is 0 Å². The summed E-state index contributed by atoms with van der Waals surface area (Å²) < 4.78 is 5.87. The zero-order valence-electron chi connectivity index (χ0n) is 9.92.